The first kappa shape index (κ1) is 14.0. The SMILES string of the molecule is CCCC(CCC)CNCCN1CCCC1. The van der Waals surface area contributed by atoms with E-state index in [0.717, 1.165) is 5.92 Å². The lowest BCUT2D eigenvalue weighted by Gasteiger charge is -2.18. The highest BCUT2D eigenvalue weighted by molar-refractivity contribution is 4.68. The molecule has 0 aromatic heterocycles. The van der Waals surface area contributed by atoms with Gasteiger partial charge in [-0.3, -0.25) is 0 Å². The molecule has 0 atom stereocenters. The summed E-state index contributed by atoms with van der Waals surface area (Å²) in [7, 11) is 0. The smallest absolute Gasteiger partial charge is 0.0107 e. The topological polar surface area (TPSA) is 15.3 Å². The van der Waals surface area contributed by atoms with Crippen molar-refractivity contribution in [1.82, 2.24) is 10.2 Å². The Morgan fingerprint density at radius 2 is 1.69 bits per heavy atom. The summed E-state index contributed by atoms with van der Waals surface area (Å²) in [5, 5.41) is 3.64. The predicted molar refractivity (Wildman–Crippen MR) is 71.8 cm³/mol. The van der Waals surface area contributed by atoms with E-state index in [9.17, 15) is 0 Å². The van der Waals surface area contributed by atoms with Crippen LogP contribution in [-0.2, 0) is 0 Å². The fourth-order valence-corrected chi connectivity index (χ4v) is 2.71. The van der Waals surface area contributed by atoms with Crippen LogP contribution < -0.4 is 5.32 Å². The molecule has 0 spiro atoms. The zero-order valence-corrected chi connectivity index (χ0v) is 11.3. The van der Waals surface area contributed by atoms with E-state index in [1.54, 1.807) is 0 Å². The van der Waals surface area contributed by atoms with Crippen LogP contribution >= 0.6 is 0 Å². The van der Waals surface area contributed by atoms with Crippen LogP contribution in [0.3, 0.4) is 0 Å². The molecule has 1 heterocycles. The van der Waals surface area contributed by atoms with Crippen LogP contribution in [0.4, 0.5) is 0 Å². The van der Waals surface area contributed by atoms with Crippen molar-refractivity contribution in [2.45, 2.75) is 52.4 Å². The van der Waals surface area contributed by atoms with Gasteiger partial charge in [0.05, 0.1) is 0 Å². The first-order chi connectivity index (χ1) is 7.86. The van der Waals surface area contributed by atoms with Crippen molar-refractivity contribution in [2.24, 2.45) is 5.92 Å². The molecule has 0 amide bonds. The second-order valence-electron chi connectivity index (χ2n) is 5.20. The molecule has 2 nitrogen and oxygen atoms in total. The maximum Gasteiger partial charge on any atom is 0.0107 e. The molecule has 0 radical (unpaired) electrons. The Morgan fingerprint density at radius 1 is 1.06 bits per heavy atom. The minimum absolute atomic E-state index is 0.911. The molecule has 1 saturated heterocycles. The maximum absolute atomic E-state index is 3.64. The summed E-state index contributed by atoms with van der Waals surface area (Å²) in [6, 6.07) is 0. The zero-order valence-electron chi connectivity index (χ0n) is 11.3. The average Bonchev–Trinajstić information content (AvgIpc) is 2.78. The third-order valence-electron chi connectivity index (χ3n) is 3.63. The number of nitrogens with one attached hydrogen (secondary N) is 1. The minimum Gasteiger partial charge on any atom is -0.315 e. The Morgan fingerprint density at radius 3 is 2.25 bits per heavy atom. The van der Waals surface area contributed by atoms with Crippen molar-refractivity contribution in [1.29, 1.82) is 0 Å². The van der Waals surface area contributed by atoms with Gasteiger partial charge in [-0.25, -0.2) is 0 Å². The molecule has 16 heavy (non-hydrogen) atoms. The standard InChI is InChI=1S/C14H30N2/c1-3-7-14(8-4-2)13-15-9-12-16-10-5-6-11-16/h14-15H,3-13H2,1-2H3. The fourth-order valence-electron chi connectivity index (χ4n) is 2.71. The van der Waals surface area contributed by atoms with Gasteiger partial charge in [0.1, 0.15) is 0 Å². The van der Waals surface area contributed by atoms with Crippen LogP contribution in [-0.4, -0.2) is 37.6 Å². The van der Waals surface area contributed by atoms with Gasteiger partial charge >= 0.3 is 0 Å². The molecule has 1 fully saturated rings. The first-order valence-corrected chi connectivity index (χ1v) is 7.29. The minimum atomic E-state index is 0.911. The quantitative estimate of drug-likeness (QED) is 0.608. The molecule has 1 rings (SSSR count). The first-order valence-electron chi connectivity index (χ1n) is 7.29. The molecule has 1 aliphatic heterocycles. The number of nitrogens with zero attached hydrogens (tertiary/aromatic N) is 1. The van der Waals surface area contributed by atoms with Crippen LogP contribution in [0.25, 0.3) is 0 Å². The van der Waals surface area contributed by atoms with Crippen LogP contribution in [0, 0.1) is 5.92 Å². The van der Waals surface area contributed by atoms with Gasteiger partial charge in [0.2, 0.25) is 0 Å². The van der Waals surface area contributed by atoms with Gasteiger partial charge in [-0.2, -0.15) is 0 Å². The molecule has 0 aromatic rings. The lowest BCUT2D eigenvalue weighted by molar-refractivity contribution is 0.325. The van der Waals surface area contributed by atoms with Crippen LogP contribution in [0.5, 0.6) is 0 Å². The Labute approximate surface area is 102 Å². The molecule has 0 saturated carbocycles. The second kappa shape index (κ2) is 9.00. The monoisotopic (exact) mass is 226 g/mol. The molecule has 2 heteroatoms. The largest absolute Gasteiger partial charge is 0.315 e. The average molecular weight is 226 g/mol. The number of rotatable bonds is 9. The Balaban J connectivity index is 1.98. The van der Waals surface area contributed by atoms with Crippen molar-refractivity contribution in [3.05, 3.63) is 0 Å². The highest BCUT2D eigenvalue weighted by atomic mass is 15.1. The zero-order chi connectivity index (χ0) is 11.6. The van der Waals surface area contributed by atoms with Gasteiger partial charge in [-0.05, 0) is 51.2 Å². The summed E-state index contributed by atoms with van der Waals surface area (Å²) in [6.07, 6.45) is 8.27. The number of likely N-dealkylation sites (tertiary alicyclic amines) is 1. The van der Waals surface area contributed by atoms with E-state index < -0.39 is 0 Å². The Kier molecular flexibility index (Phi) is 7.87. The predicted octanol–water partition coefficient (Wildman–Crippen LogP) is 2.89. The third kappa shape index (κ3) is 5.86. The molecule has 0 bridgehead atoms. The summed E-state index contributed by atoms with van der Waals surface area (Å²) in [5.74, 6) is 0.911. The highest BCUT2D eigenvalue weighted by Gasteiger charge is 2.11. The number of hydrogen-bond donors (Lipinski definition) is 1. The Hall–Kier alpha value is -0.0800. The van der Waals surface area contributed by atoms with Crippen molar-refractivity contribution < 1.29 is 0 Å². The third-order valence-corrected chi connectivity index (χ3v) is 3.63. The molecule has 0 aromatic carbocycles. The molecule has 0 aliphatic carbocycles. The van der Waals surface area contributed by atoms with Crippen LogP contribution in [0.15, 0.2) is 0 Å². The molecular weight excluding hydrogens is 196 g/mol. The van der Waals surface area contributed by atoms with Gasteiger partial charge in [-0.1, -0.05) is 26.7 Å². The number of hydrogen-bond acceptors (Lipinski definition) is 2. The summed E-state index contributed by atoms with van der Waals surface area (Å²) in [4.78, 5) is 2.58. The van der Waals surface area contributed by atoms with E-state index in [2.05, 4.69) is 24.1 Å². The van der Waals surface area contributed by atoms with Gasteiger partial charge in [-0.15, -0.1) is 0 Å². The van der Waals surface area contributed by atoms with Crippen molar-refractivity contribution in [2.75, 3.05) is 32.7 Å². The Bertz CT molecular complexity index is 147. The summed E-state index contributed by atoms with van der Waals surface area (Å²) >= 11 is 0. The van der Waals surface area contributed by atoms with E-state index >= 15 is 0 Å². The molecular formula is C14H30N2. The normalized spacial score (nSPS) is 17.4. The fraction of sp³-hybridized carbons (Fsp3) is 1.00. The lowest BCUT2D eigenvalue weighted by Crippen LogP contribution is -2.32. The van der Waals surface area contributed by atoms with E-state index in [-0.39, 0.29) is 0 Å². The van der Waals surface area contributed by atoms with E-state index in [4.69, 9.17) is 0 Å². The molecule has 1 aliphatic rings. The second-order valence-corrected chi connectivity index (χ2v) is 5.20. The van der Waals surface area contributed by atoms with Gasteiger partial charge in [0.15, 0.2) is 0 Å². The molecule has 0 unspecified atom stereocenters. The molecule has 1 N–H and O–H groups in total. The van der Waals surface area contributed by atoms with Crippen molar-refractivity contribution in [3.63, 3.8) is 0 Å². The van der Waals surface area contributed by atoms with Gasteiger partial charge < -0.3 is 10.2 Å². The molecule has 96 valence electrons. The summed E-state index contributed by atoms with van der Waals surface area (Å²) < 4.78 is 0. The maximum atomic E-state index is 3.64. The van der Waals surface area contributed by atoms with E-state index in [1.807, 2.05) is 0 Å². The van der Waals surface area contributed by atoms with Gasteiger partial charge in [0.25, 0.3) is 0 Å². The van der Waals surface area contributed by atoms with Crippen molar-refractivity contribution in [3.8, 4) is 0 Å². The van der Waals surface area contributed by atoms with Crippen LogP contribution in [0.2, 0.25) is 0 Å². The lowest BCUT2D eigenvalue weighted by atomic mass is 9.98. The van der Waals surface area contributed by atoms with E-state index in [1.165, 1.54) is 71.2 Å². The van der Waals surface area contributed by atoms with Crippen molar-refractivity contribution >= 4 is 0 Å². The van der Waals surface area contributed by atoms with Gasteiger partial charge in [0, 0.05) is 13.1 Å². The van der Waals surface area contributed by atoms with E-state index in [0.29, 0.717) is 0 Å². The highest BCUT2D eigenvalue weighted by Crippen LogP contribution is 2.12. The summed E-state index contributed by atoms with van der Waals surface area (Å²) in [6.45, 7) is 10.9. The van der Waals surface area contributed by atoms with Crippen LogP contribution in [0.1, 0.15) is 52.4 Å². The summed E-state index contributed by atoms with van der Waals surface area (Å²) in [5.41, 5.74) is 0.